The van der Waals surface area contributed by atoms with Gasteiger partial charge in [-0.1, -0.05) is 30.3 Å². The fourth-order valence-corrected chi connectivity index (χ4v) is 4.43. The van der Waals surface area contributed by atoms with Crippen LogP contribution in [0, 0.1) is 0 Å². The van der Waals surface area contributed by atoms with Gasteiger partial charge in [-0.15, -0.1) is 0 Å². The monoisotopic (exact) mass is 462 g/mol. The predicted octanol–water partition coefficient (Wildman–Crippen LogP) is 5.43. The van der Waals surface area contributed by atoms with Crippen LogP contribution >= 0.6 is 15.9 Å². The lowest BCUT2D eigenvalue weighted by molar-refractivity contribution is 0.304. The number of H-pyrrole nitrogens is 1. The summed E-state index contributed by atoms with van der Waals surface area (Å²) in [5, 5.41) is 3.42. The molecule has 2 aromatic carbocycles. The molecule has 0 unspecified atom stereocenters. The molecule has 3 heterocycles. The summed E-state index contributed by atoms with van der Waals surface area (Å²) in [4.78, 5) is 12.7. The molecule has 5 nitrogen and oxygen atoms in total. The van der Waals surface area contributed by atoms with Crippen molar-refractivity contribution in [3.63, 3.8) is 0 Å². The van der Waals surface area contributed by atoms with Crippen molar-refractivity contribution in [3.8, 4) is 17.1 Å². The number of pyridine rings is 1. The average molecular weight is 463 g/mol. The highest BCUT2D eigenvalue weighted by Gasteiger charge is 2.17. The highest BCUT2D eigenvalue weighted by molar-refractivity contribution is 9.10. The zero-order chi connectivity index (χ0) is 20.3. The van der Waals surface area contributed by atoms with Gasteiger partial charge in [-0.3, -0.25) is 0 Å². The third-order valence-electron chi connectivity index (χ3n) is 5.61. The van der Waals surface area contributed by atoms with Crippen LogP contribution < -0.4 is 10.1 Å². The standard InChI is InChI=1S/C24H23BrN4O/c25-20-12-18(6-7-22(20)30-15-16-4-2-1-3-5-16)23-28-21-13-19(14-27-24(21)29-23)17-8-10-26-11-9-17/h1-7,12-14,17,26H,8-11,15H2,(H,27,28,29). The topological polar surface area (TPSA) is 62.8 Å². The van der Waals surface area contributed by atoms with Crippen molar-refractivity contribution in [2.24, 2.45) is 0 Å². The minimum Gasteiger partial charge on any atom is -0.488 e. The highest BCUT2D eigenvalue weighted by atomic mass is 79.9. The SMILES string of the molecule is Brc1cc(-c2nc3ncc(C4CCNCC4)cc3[nH]2)ccc1OCc1ccccc1. The molecule has 152 valence electrons. The molecule has 1 saturated heterocycles. The summed E-state index contributed by atoms with van der Waals surface area (Å²) in [7, 11) is 0. The van der Waals surface area contributed by atoms with E-state index in [1.54, 1.807) is 0 Å². The van der Waals surface area contributed by atoms with E-state index in [0.29, 0.717) is 12.5 Å². The van der Waals surface area contributed by atoms with Crippen LogP contribution in [0.2, 0.25) is 0 Å². The van der Waals surface area contributed by atoms with E-state index in [0.717, 1.165) is 64.3 Å². The van der Waals surface area contributed by atoms with Crippen LogP contribution in [0.25, 0.3) is 22.6 Å². The Morgan fingerprint density at radius 2 is 1.87 bits per heavy atom. The molecule has 0 bridgehead atoms. The van der Waals surface area contributed by atoms with Gasteiger partial charge in [0.15, 0.2) is 5.65 Å². The van der Waals surface area contributed by atoms with Crippen LogP contribution in [0.3, 0.4) is 0 Å². The first-order valence-electron chi connectivity index (χ1n) is 10.3. The number of ether oxygens (including phenoxy) is 1. The maximum Gasteiger partial charge on any atom is 0.178 e. The number of aromatic nitrogens is 3. The Morgan fingerprint density at radius 3 is 2.67 bits per heavy atom. The van der Waals surface area contributed by atoms with Crippen molar-refractivity contribution < 1.29 is 4.74 Å². The molecule has 0 atom stereocenters. The average Bonchev–Trinajstić information content (AvgIpc) is 3.23. The summed E-state index contributed by atoms with van der Waals surface area (Å²) < 4.78 is 6.86. The van der Waals surface area contributed by atoms with Crippen LogP contribution in [0.4, 0.5) is 0 Å². The summed E-state index contributed by atoms with van der Waals surface area (Å²) in [5.74, 6) is 2.20. The zero-order valence-electron chi connectivity index (χ0n) is 16.6. The van der Waals surface area contributed by atoms with E-state index in [9.17, 15) is 0 Å². The number of benzene rings is 2. The Bertz CT molecular complexity index is 1150. The molecule has 0 saturated carbocycles. The van der Waals surface area contributed by atoms with Crippen molar-refractivity contribution in [2.75, 3.05) is 13.1 Å². The number of hydrogen-bond acceptors (Lipinski definition) is 4. The molecule has 0 spiro atoms. The third kappa shape index (κ3) is 4.11. The van der Waals surface area contributed by atoms with Gasteiger partial charge in [-0.2, -0.15) is 0 Å². The van der Waals surface area contributed by atoms with Crippen molar-refractivity contribution in [3.05, 3.63) is 76.4 Å². The third-order valence-corrected chi connectivity index (χ3v) is 6.23. The van der Waals surface area contributed by atoms with Crippen LogP contribution in [-0.2, 0) is 6.61 Å². The molecule has 0 radical (unpaired) electrons. The van der Waals surface area contributed by atoms with Crippen molar-refractivity contribution >= 4 is 27.1 Å². The summed E-state index contributed by atoms with van der Waals surface area (Å²) in [5.41, 5.74) is 5.17. The second-order valence-electron chi connectivity index (χ2n) is 7.67. The Hall–Kier alpha value is -2.70. The first-order chi connectivity index (χ1) is 14.8. The van der Waals surface area contributed by atoms with E-state index < -0.39 is 0 Å². The Morgan fingerprint density at radius 1 is 1.03 bits per heavy atom. The maximum atomic E-state index is 5.96. The number of piperidine rings is 1. The van der Waals surface area contributed by atoms with Crippen LogP contribution in [0.1, 0.15) is 29.9 Å². The zero-order valence-corrected chi connectivity index (χ0v) is 18.2. The van der Waals surface area contributed by atoms with Gasteiger partial charge in [-0.25, -0.2) is 9.97 Å². The second kappa shape index (κ2) is 8.58. The van der Waals surface area contributed by atoms with Gasteiger partial charge >= 0.3 is 0 Å². The summed E-state index contributed by atoms with van der Waals surface area (Å²) in [6, 6.07) is 18.4. The number of aromatic amines is 1. The van der Waals surface area contributed by atoms with Crippen molar-refractivity contribution in [1.29, 1.82) is 0 Å². The van der Waals surface area contributed by atoms with Gasteiger partial charge in [0.05, 0.1) is 9.99 Å². The molecule has 30 heavy (non-hydrogen) atoms. The van der Waals surface area contributed by atoms with Gasteiger partial charge < -0.3 is 15.0 Å². The number of nitrogens with one attached hydrogen (secondary N) is 2. The summed E-state index contributed by atoms with van der Waals surface area (Å²) >= 11 is 3.64. The van der Waals surface area contributed by atoms with Gasteiger partial charge in [-0.05, 0) is 83.2 Å². The minimum absolute atomic E-state index is 0.535. The Labute approximate surface area is 184 Å². The lowest BCUT2D eigenvalue weighted by Crippen LogP contribution is -2.26. The molecule has 0 amide bonds. The van der Waals surface area contributed by atoms with E-state index in [4.69, 9.17) is 9.72 Å². The first kappa shape index (κ1) is 19.3. The first-order valence-corrected chi connectivity index (χ1v) is 11.1. The van der Waals surface area contributed by atoms with Crippen LogP contribution in [0.15, 0.2) is 65.3 Å². The van der Waals surface area contributed by atoms with E-state index in [1.807, 2.05) is 42.6 Å². The molecular weight excluding hydrogens is 440 g/mol. The van der Waals surface area contributed by atoms with Crippen LogP contribution in [-0.4, -0.2) is 28.0 Å². The minimum atomic E-state index is 0.535. The number of halogens is 1. The van der Waals surface area contributed by atoms with Gasteiger partial charge in [0.1, 0.15) is 18.2 Å². The van der Waals surface area contributed by atoms with Gasteiger partial charge in [0.2, 0.25) is 0 Å². The van der Waals surface area contributed by atoms with Gasteiger partial charge in [0.25, 0.3) is 0 Å². The highest BCUT2D eigenvalue weighted by Crippen LogP contribution is 2.32. The quantitative estimate of drug-likeness (QED) is 0.414. The maximum absolute atomic E-state index is 5.96. The number of nitrogens with zero attached hydrogens (tertiary/aromatic N) is 2. The molecule has 1 aliphatic heterocycles. The van der Waals surface area contributed by atoms with E-state index in [2.05, 4.69) is 49.4 Å². The molecule has 0 aliphatic carbocycles. The molecule has 2 aromatic heterocycles. The number of imidazole rings is 1. The van der Waals surface area contributed by atoms with Crippen LogP contribution in [0.5, 0.6) is 5.75 Å². The second-order valence-corrected chi connectivity index (χ2v) is 8.52. The summed E-state index contributed by atoms with van der Waals surface area (Å²) in [6.07, 6.45) is 4.30. The lowest BCUT2D eigenvalue weighted by Gasteiger charge is -2.22. The molecular formula is C24H23BrN4O. The van der Waals surface area contributed by atoms with E-state index >= 15 is 0 Å². The molecule has 1 fully saturated rings. The van der Waals surface area contributed by atoms with E-state index in [-0.39, 0.29) is 0 Å². The van der Waals surface area contributed by atoms with Crippen molar-refractivity contribution in [2.45, 2.75) is 25.4 Å². The molecule has 5 rings (SSSR count). The number of fused-ring (bicyclic) bond motifs is 1. The fraction of sp³-hybridized carbons (Fsp3) is 0.250. The summed E-state index contributed by atoms with van der Waals surface area (Å²) in [6.45, 7) is 2.68. The largest absolute Gasteiger partial charge is 0.488 e. The van der Waals surface area contributed by atoms with E-state index in [1.165, 1.54) is 5.56 Å². The Kier molecular flexibility index (Phi) is 5.51. The molecule has 6 heteroatoms. The number of rotatable bonds is 5. The molecule has 2 N–H and O–H groups in total. The normalized spacial score (nSPS) is 14.8. The van der Waals surface area contributed by atoms with Gasteiger partial charge in [0, 0.05) is 11.8 Å². The molecule has 4 aromatic rings. The molecule has 1 aliphatic rings. The fourth-order valence-electron chi connectivity index (χ4n) is 3.93. The van der Waals surface area contributed by atoms with Crippen molar-refractivity contribution in [1.82, 2.24) is 20.3 Å². The predicted molar refractivity (Wildman–Crippen MR) is 123 cm³/mol. The number of hydrogen-bond donors (Lipinski definition) is 2. The Balaban J connectivity index is 1.36. The smallest absolute Gasteiger partial charge is 0.178 e. The lowest BCUT2D eigenvalue weighted by atomic mass is 9.91.